The first-order valence-corrected chi connectivity index (χ1v) is 4.66. The summed E-state index contributed by atoms with van der Waals surface area (Å²) < 4.78 is 10.4. The maximum absolute atomic E-state index is 5.30. The largest absolute Gasteiger partial charge is 0.379 e. The fourth-order valence-electron chi connectivity index (χ4n) is 0.784. The van der Waals surface area contributed by atoms with Gasteiger partial charge >= 0.3 is 0 Å². The van der Waals surface area contributed by atoms with Gasteiger partial charge in [-0.15, -0.1) is 0 Å². The summed E-state index contributed by atoms with van der Waals surface area (Å²) in [6, 6.07) is 0.542. The smallest absolute Gasteiger partial charge is 0.0701 e. The van der Waals surface area contributed by atoms with Crippen LogP contribution < -0.4 is 5.32 Å². The summed E-state index contributed by atoms with van der Waals surface area (Å²) in [4.78, 5) is 0. The third-order valence-electron chi connectivity index (χ3n) is 1.38. The quantitative estimate of drug-likeness (QED) is 0.559. The van der Waals surface area contributed by atoms with Gasteiger partial charge in [-0.05, 0) is 6.92 Å². The van der Waals surface area contributed by atoms with Crippen LogP contribution in [0.25, 0.3) is 0 Å². The third kappa shape index (κ3) is 9.88. The summed E-state index contributed by atoms with van der Waals surface area (Å²) in [6.45, 7) is 10.1. The molecule has 0 heterocycles. The molecule has 0 spiro atoms. The molecular weight excluding hydrogens is 154 g/mol. The van der Waals surface area contributed by atoms with Crippen molar-refractivity contribution in [1.82, 2.24) is 5.32 Å². The fourth-order valence-corrected chi connectivity index (χ4v) is 0.784. The molecule has 0 aliphatic heterocycles. The van der Waals surface area contributed by atoms with Crippen molar-refractivity contribution < 1.29 is 9.47 Å². The SMILES string of the molecule is CCOCCOCCNC(C)C. The second kappa shape index (κ2) is 8.97. The van der Waals surface area contributed by atoms with Gasteiger partial charge in [0.05, 0.1) is 19.8 Å². The molecule has 0 saturated carbocycles. The van der Waals surface area contributed by atoms with Crippen molar-refractivity contribution in [1.29, 1.82) is 0 Å². The second-order valence-corrected chi connectivity index (χ2v) is 2.92. The van der Waals surface area contributed by atoms with Crippen molar-refractivity contribution in [2.24, 2.45) is 0 Å². The van der Waals surface area contributed by atoms with Crippen LogP contribution in [-0.2, 0) is 9.47 Å². The first-order valence-electron chi connectivity index (χ1n) is 4.66. The van der Waals surface area contributed by atoms with Gasteiger partial charge in [-0.25, -0.2) is 0 Å². The Labute approximate surface area is 75.4 Å². The van der Waals surface area contributed by atoms with Crippen LogP contribution in [0.15, 0.2) is 0 Å². The highest BCUT2D eigenvalue weighted by Crippen LogP contribution is 1.79. The van der Waals surface area contributed by atoms with E-state index in [1.807, 2.05) is 6.92 Å². The summed E-state index contributed by atoms with van der Waals surface area (Å²) in [7, 11) is 0. The number of nitrogens with one attached hydrogen (secondary N) is 1. The molecule has 3 heteroatoms. The Balaban J connectivity index is 2.82. The van der Waals surface area contributed by atoms with Crippen LogP contribution in [0.1, 0.15) is 20.8 Å². The lowest BCUT2D eigenvalue weighted by Crippen LogP contribution is -2.27. The van der Waals surface area contributed by atoms with Crippen LogP contribution >= 0.6 is 0 Å². The molecule has 0 aromatic carbocycles. The monoisotopic (exact) mass is 175 g/mol. The van der Waals surface area contributed by atoms with E-state index in [-0.39, 0.29) is 0 Å². The van der Waals surface area contributed by atoms with Gasteiger partial charge in [0.2, 0.25) is 0 Å². The minimum atomic E-state index is 0.542. The van der Waals surface area contributed by atoms with E-state index in [1.165, 1.54) is 0 Å². The zero-order valence-electron chi connectivity index (χ0n) is 8.43. The van der Waals surface area contributed by atoms with Gasteiger partial charge in [0.1, 0.15) is 0 Å². The van der Waals surface area contributed by atoms with Gasteiger partial charge in [-0.3, -0.25) is 0 Å². The number of hydrogen-bond acceptors (Lipinski definition) is 3. The number of hydrogen-bond donors (Lipinski definition) is 1. The second-order valence-electron chi connectivity index (χ2n) is 2.92. The van der Waals surface area contributed by atoms with E-state index >= 15 is 0 Å². The normalized spacial score (nSPS) is 11.0. The molecule has 0 radical (unpaired) electrons. The third-order valence-corrected chi connectivity index (χ3v) is 1.38. The molecule has 0 atom stereocenters. The predicted molar refractivity (Wildman–Crippen MR) is 50.5 cm³/mol. The number of rotatable bonds is 8. The van der Waals surface area contributed by atoms with E-state index in [1.54, 1.807) is 0 Å². The minimum Gasteiger partial charge on any atom is -0.379 e. The molecule has 0 aromatic rings. The van der Waals surface area contributed by atoms with Crippen molar-refractivity contribution in [3.63, 3.8) is 0 Å². The van der Waals surface area contributed by atoms with Gasteiger partial charge < -0.3 is 14.8 Å². The van der Waals surface area contributed by atoms with E-state index in [2.05, 4.69) is 19.2 Å². The Hall–Kier alpha value is -0.120. The van der Waals surface area contributed by atoms with Crippen molar-refractivity contribution in [3.05, 3.63) is 0 Å². The van der Waals surface area contributed by atoms with Gasteiger partial charge in [0, 0.05) is 19.2 Å². The molecule has 1 N–H and O–H groups in total. The van der Waals surface area contributed by atoms with Gasteiger partial charge in [-0.2, -0.15) is 0 Å². The standard InChI is InChI=1S/C9H21NO2/c1-4-11-7-8-12-6-5-10-9(2)3/h9-10H,4-8H2,1-3H3. The van der Waals surface area contributed by atoms with Crippen LogP contribution in [0.3, 0.4) is 0 Å². The molecular formula is C9H21NO2. The molecule has 0 fully saturated rings. The van der Waals surface area contributed by atoms with Crippen LogP contribution in [0.4, 0.5) is 0 Å². The van der Waals surface area contributed by atoms with Crippen molar-refractivity contribution in [3.8, 4) is 0 Å². The summed E-state index contributed by atoms with van der Waals surface area (Å²) in [5.41, 5.74) is 0. The lowest BCUT2D eigenvalue weighted by atomic mass is 10.4. The lowest BCUT2D eigenvalue weighted by molar-refractivity contribution is 0.0536. The van der Waals surface area contributed by atoms with Crippen molar-refractivity contribution in [2.45, 2.75) is 26.8 Å². The Kier molecular flexibility index (Phi) is 8.88. The van der Waals surface area contributed by atoms with Crippen LogP contribution in [0.5, 0.6) is 0 Å². The highest BCUT2D eigenvalue weighted by atomic mass is 16.5. The number of ether oxygens (including phenoxy) is 2. The summed E-state index contributed by atoms with van der Waals surface area (Å²) in [6.07, 6.45) is 0. The van der Waals surface area contributed by atoms with Gasteiger partial charge in [0.15, 0.2) is 0 Å². The van der Waals surface area contributed by atoms with Crippen LogP contribution in [-0.4, -0.2) is 39.0 Å². The van der Waals surface area contributed by atoms with Gasteiger partial charge in [0.25, 0.3) is 0 Å². The van der Waals surface area contributed by atoms with Crippen LogP contribution in [0.2, 0.25) is 0 Å². The van der Waals surface area contributed by atoms with E-state index in [4.69, 9.17) is 9.47 Å². The lowest BCUT2D eigenvalue weighted by Gasteiger charge is -2.08. The summed E-state index contributed by atoms with van der Waals surface area (Å²) >= 11 is 0. The van der Waals surface area contributed by atoms with E-state index in [0.29, 0.717) is 19.3 Å². The highest BCUT2D eigenvalue weighted by Gasteiger charge is 1.91. The van der Waals surface area contributed by atoms with Crippen molar-refractivity contribution in [2.75, 3.05) is 33.0 Å². The van der Waals surface area contributed by atoms with E-state index in [0.717, 1.165) is 19.8 Å². The molecule has 0 aromatic heterocycles. The van der Waals surface area contributed by atoms with Crippen LogP contribution in [0, 0.1) is 0 Å². The topological polar surface area (TPSA) is 30.5 Å². The Morgan fingerprint density at radius 2 is 1.75 bits per heavy atom. The molecule has 3 nitrogen and oxygen atoms in total. The zero-order valence-corrected chi connectivity index (χ0v) is 8.43. The molecule has 0 aliphatic rings. The molecule has 0 amide bonds. The first-order chi connectivity index (χ1) is 5.77. The van der Waals surface area contributed by atoms with Gasteiger partial charge in [-0.1, -0.05) is 13.8 Å². The summed E-state index contributed by atoms with van der Waals surface area (Å²) in [5, 5.41) is 3.27. The van der Waals surface area contributed by atoms with E-state index in [9.17, 15) is 0 Å². The molecule has 12 heavy (non-hydrogen) atoms. The minimum absolute atomic E-state index is 0.542. The predicted octanol–water partition coefficient (Wildman–Crippen LogP) is 1.04. The summed E-state index contributed by atoms with van der Waals surface area (Å²) in [5.74, 6) is 0. The first kappa shape index (κ1) is 11.9. The Morgan fingerprint density at radius 1 is 1.08 bits per heavy atom. The molecule has 0 aliphatic carbocycles. The molecule has 0 unspecified atom stereocenters. The molecule has 0 saturated heterocycles. The Morgan fingerprint density at radius 3 is 2.33 bits per heavy atom. The maximum atomic E-state index is 5.30. The van der Waals surface area contributed by atoms with Crippen molar-refractivity contribution >= 4 is 0 Å². The average molecular weight is 175 g/mol. The molecule has 0 rings (SSSR count). The zero-order chi connectivity index (χ0) is 9.23. The van der Waals surface area contributed by atoms with E-state index < -0.39 is 0 Å². The Bertz CT molecular complexity index is 86.6. The maximum Gasteiger partial charge on any atom is 0.0701 e. The average Bonchev–Trinajstić information content (AvgIpc) is 2.02. The molecule has 0 bridgehead atoms. The highest BCUT2D eigenvalue weighted by molar-refractivity contribution is 4.50. The fraction of sp³-hybridized carbons (Fsp3) is 1.00. The molecule has 74 valence electrons.